The summed E-state index contributed by atoms with van der Waals surface area (Å²) in [5.74, 6) is 0. The SMILES string of the molecule is NCc1ccc(Cn2ccc(=O)c3ccccc32)cc1. The Kier molecular flexibility index (Phi) is 3.35. The van der Waals surface area contributed by atoms with Crippen molar-refractivity contribution in [3.05, 3.63) is 82.1 Å². The van der Waals surface area contributed by atoms with Gasteiger partial charge in [-0.15, -0.1) is 0 Å². The molecule has 0 aliphatic carbocycles. The normalized spacial score (nSPS) is 10.8. The van der Waals surface area contributed by atoms with Gasteiger partial charge in [0.1, 0.15) is 0 Å². The molecule has 0 spiro atoms. The van der Waals surface area contributed by atoms with Crippen molar-refractivity contribution in [3.63, 3.8) is 0 Å². The molecule has 3 nitrogen and oxygen atoms in total. The highest BCUT2D eigenvalue weighted by Crippen LogP contribution is 2.12. The van der Waals surface area contributed by atoms with Gasteiger partial charge in [-0.05, 0) is 23.3 Å². The molecule has 100 valence electrons. The minimum absolute atomic E-state index is 0.0651. The first kappa shape index (κ1) is 12.6. The minimum atomic E-state index is 0.0651. The lowest BCUT2D eigenvalue weighted by Crippen LogP contribution is -2.08. The Hall–Kier alpha value is -2.39. The van der Waals surface area contributed by atoms with Gasteiger partial charge in [-0.25, -0.2) is 0 Å². The van der Waals surface area contributed by atoms with Gasteiger partial charge in [0.05, 0.1) is 5.52 Å². The number of aromatic nitrogens is 1. The van der Waals surface area contributed by atoms with Crippen LogP contribution >= 0.6 is 0 Å². The van der Waals surface area contributed by atoms with E-state index < -0.39 is 0 Å². The zero-order valence-corrected chi connectivity index (χ0v) is 11.1. The van der Waals surface area contributed by atoms with Crippen molar-refractivity contribution in [2.45, 2.75) is 13.1 Å². The van der Waals surface area contributed by atoms with Crippen LogP contribution < -0.4 is 11.2 Å². The van der Waals surface area contributed by atoms with E-state index in [-0.39, 0.29) is 5.43 Å². The van der Waals surface area contributed by atoms with Gasteiger partial charge in [-0.2, -0.15) is 0 Å². The van der Waals surface area contributed by atoms with E-state index in [9.17, 15) is 4.79 Å². The molecule has 0 saturated carbocycles. The Morgan fingerprint density at radius 1 is 0.900 bits per heavy atom. The molecule has 0 amide bonds. The zero-order chi connectivity index (χ0) is 13.9. The first-order chi connectivity index (χ1) is 9.78. The van der Waals surface area contributed by atoms with Crippen LogP contribution in [0.4, 0.5) is 0 Å². The van der Waals surface area contributed by atoms with E-state index in [1.165, 1.54) is 5.56 Å². The summed E-state index contributed by atoms with van der Waals surface area (Å²) in [6.07, 6.45) is 1.85. The average molecular weight is 264 g/mol. The highest BCUT2D eigenvalue weighted by molar-refractivity contribution is 5.78. The summed E-state index contributed by atoms with van der Waals surface area (Å²) in [6.45, 7) is 1.30. The summed E-state index contributed by atoms with van der Waals surface area (Å²) < 4.78 is 2.09. The van der Waals surface area contributed by atoms with Gasteiger partial charge in [-0.1, -0.05) is 36.4 Å². The second-order valence-electron chi connectivity index (χ2n) is 4.85. The lowest BCUT2D eigenvalue weighted by atomic mass is 10.1. The number of pyridine rings is 1. The summed E-state index contributed by atoms with van der Waals surface area (Å²) in [5.41, 5.74) is 8.94. The monoisotopic (exact) mass is 264 g/mol. The third kappa shape index (κ3) is 2.36. The smallest absolute Gasteiger partial charge is 0.189 e. The molecular formula is C17H16N2O. The number of rotatable bonds is 3. The Balaban J connectivity index is 2.02. The van der Waals surface area contributed by atoms with E-state index in [4.69, 9.17) is 5.73 Å². The van der Waals surface area contributed by atoms with E-state index in [1.807, 2.05) is 42.6 Å². The summed E-state index contributed by atoms with van der Waals surface area (Å²) in [5, 5.41) is 0.758. The Bertz CT molecular complexity index is 788. The molecule has 0 unspecified atom stereocenters. The standard InChI is InChI=1S/C17H16N2O/c18-11-13-5-7-14(8-6-13)12-19-10-9-17(20)15-3-1-2-4-16(15)19/h1-10H,11-12,18H2. The van der Waals surface area contributed by atoms with Crippen LogP contribution in [0, 0.1) is 0 Å². The van der Waals surface area contributed by atoms with Crippen LogP contribution in [0.25, 0.3) is 10.9 Å². The first-order valence-electron chi connectivity index (χ1n) is 6.64. The Morgan fingerprint density at radius 3 is 2.35 bits per heavy atom. The summed E-state index contributed by atoms with van der Waals surface area (Å²) in [6, 6.07) is 17.6. The maximum atomic E-state index is 11.8. The van der Waals surface area contributed by atoms with Crippen LogP contribution in [-0.4, -0.2) is 4.57 Å². The van der Waals surface area contributed by atoms with Crippen molar-refractivity contribution in [1.29, 1.82) is 0 Å². The molecule has 0 atom stereocenters. The number of benzene rings is 2. The van der Waals surface area contributed by atoms with Crippen molar-refractivity contribution in [2.24, 2.45) is 5.73 Å². The molecule has 2 N–H and O–H groups in total. The highest BCUT2D eigenvalue weighted by atomic mass is 16.1. The number of hydrogen-bond donors (Lipinski definition) is 1. The maximum absolute atomic E-state index is 11.8. The lowest BCUT2D eigenvalue weighted by molar-refractivity contribution is 0.824. The molecule has 3 rings (SSSR count). The molecule has 0 bridgehead atoms. The van der Waals surface area contributed by atoms with Gasteiger partial charge in [0.15, 0.2) is 5.43 Å². The van der Waals surface area contributed by atoms with Crippen LogP contribution in [0.1, 0.15) is 11.1 Å². The molecule has 0 aliphatic heterocycles. The van der Waals surface area contributed by atoms with Crippen molar-refractivity contribution >= 4 is 10.9 Å². The summed E-state index contributed by atoms with van der Waals surface area (Å²) in [4.78, 5) is 11.8. The molecule has 20 heavy (non-hydrogen) atoms. The van der Waals surface area contributed by atoms with Crippen LogP contribution in [-0.2, 0) is 13.1 Å². The van der Waals surface area contributed by atoms with E-state index in [1.54, 1.807) is 6.07 Å². The molecular weight excluding hydrogens is 248 g/mol. The van der Waals surface area contributed by atoms with Gasteiger partial charge in [0, 0.05) is 30.7 Å². The van der Waals surface area contributed by atoms with Gasteiger partial charge >= 0.3 is 0 Å². The molecule has 0 radical (unpaired) electrons. The van der Waals surface area contributed by atoms with Crippen LogP contribution in [0.3, 0.4) is 0 Å². The van der Waals surface area contributed by atoms with Crippen molar-refractivity contribution < 1.29 is 0 Å². The fourth-order valence-corrected chi connectivity index (χ4v) is 2.38. The average Bonchev–Trinajstić information content (AvgIpc) is 2.51. The predicted octanol–water partition coefficient (Wildman–Crippen LogP) is 2.51. The van der Waals surface area contributed by atoms with E-state index in [0.29, 0.717) is 6.54 Å². The van der Waals surface area contributed by atoms with Gasteiger partial charge in [0.2, 0.25) is 0 Å². The zero-order valence-electron chi connectivity index (χ0n) is 11.1. The van der Waals surface area contributed by atoms with E-state index in [0.717, 1.165) is 23.0 Å². The maximum Gasteiger partial charge on any atom is 0.189 e. The molecule has 0 aliphatic rings. The molecule has 3 heteroatoms. The van der Waals surface area contributed by atoms with Gasteiger partial charge in [-0.3, -0.25) is 4.79 Å². The number of nitrogens with zero attached hydrogens (tertiary/aromatic N) is 1. The van der Waals surface area contributed by atoms with Crippen LogP contribution in [0.2, 0.25) is 0 Å². The quantitative estimate of drug-likeness (QED) is 0.790. The first-order valence-corrected chi connectivity index (χ1v) is 6.64. The Morgan fingerprint density at radius 2 is 1.60 bits per heavy atom. The number of nitrogens with two attached hydrogens (primary N) is 1. The summed E-state index contributed by atoms with van der Waals surface area (Å²) in [7, 11) is 0. The van der Waals surface area contributed by atoms with Crippen molar-refractivity contribution in [2.75, 3.05) is 0 Å². The molecule has 3 aromatic rings. The third-order valence-electron chi connectivity index (χ3n) is 3.50. The number of hydrogen-bond acceptors (Lipinski definition) is 2. The van der Waals surface area contributed by atoms with Crippen LogP contribution in [0.15, 0.2) is 65.6 Å². The third-order valence-corrected chi connectivity index (χ3v) is 3.50. The van der Waals surface area contributed by atoms with Gasteiger partial charge < -0.3 is 10.3 Å². The second-order valence-corrected chi connectivity index (χ2v) is 4.85. The van der Waals surface area contributed by atoms with E-state index in [2.05, 4.69) is 16.7 Å². The highest BCUT2D eigenvalue weighted by Gasteiger charge is 2.02. The largest absolute Gasteiger partial charge is 0.343 e. The number of para-hydroxylation sites is 1. The van der Waals surface area contributed by atoms with E-state index >= 15 is 0 Å². The number of fused-ring (bicyclic) bond motifs is 1. The molecule has 0 saturated heterocycles. The fourth-order valence-electron chi connectivity index (χ4n) is 2.38. The predicted molar refractivity (Wildman–Crippen MR) is 81.6 cm³/mol. The van der Waals surface area contributed by atoms with Crippen molar-refractivity contribution in [1.82, 2.24) is 4.57 Å². The van der Waals surface area contributed by atoms with Crippen LogP contribution in [0.5, 0.6) is 0 Å². The van der Waals surface area contributed by atoms with Crippen molar-refractivity contribution in [3.8, 4) is 0 Å². The molecule has 1 heterocycles. The molecule has 1 aromatic heterocycles. The Labute approximate surface area is 117 Å². The van der Waals surface area contributed by atoms with Gasteiger partial charge in [0.25, 0.3) is 0 Å². The second kappa shape index (κ2) is 5.31. The lowest BCUT2D eigenvalue weighted by Gasteiger charge is -2.11. The topological polar surface area (TPSA) is 48.0 Å². The molecule has 2 aromatic carbocycles. The molecule has 0 fully saturated rings. The minimum Gasteiger partial charge on any atom is -0.343 e. The fraction of sp³-hybridized carbons (Fsp3) is 0.118. The summed E-state index contributed by atoms with van der Waals surface area (Å²) >= 11 is 0.